The number of benzene rings is 2. The van der Waals surface area contributed by atoms with Crippen molar-refractivity contribution in [3.8, 4) is 5.75 Å². The Morgan fingerprint density at radius 3 is 2.14 bits per heavy atom. The number of hydrogen-bond donors (Lipinski definition) is 1. The maximum atomic E-state index is 13.7. The average Bonchev–Trinajstić information content (AvgIpc) is 2.74. The highest BCUT2D eigenvalue weighted by atomic mass is 19.2. The zero-order valence-electron chi connectivity index (χ0n) is 15.4. The van der Waals surface area contributed by atoms with E-state index in [4.69, 9.17) is 4.74 Å². The van der Waals surface area contributed by atoms with Gasteiger partial charge in [0.2, 0.25) is 11.7 Å². The molecular formula is C19H18F5N3O2. The van der Waals surface area contributed by atoms with Crippen LogP contribution in [0.15, 0.2) is 24.3 Å². The first-order chi connectivity index (χ1) is 13.8. The quantitative estimate of drug-likeness (QED) is 0.463. The second kappa shape index (κ2) is 8.64. The summed E-state index contributed by atoms with van der Waals surface area (Å²) in [5.74, 6) is -10.8. The maximum absolute atomic E-state index is 13.7. The summed E-state index contributed by atoms with van der Waals surface area (Å²) in [5.41, 5.74) is -0.392. The van der Waals surface area contributed by atoms with Crippen LogP contribution in [0.1, 0.15) is 0 Å². The molecular weight excluding hydrogens is 397 g/mol. The van der Waals surface area contributed by atoms with E-state index in [9.17, 15) is 26.7 Å². The fraction of sp³-hybridized carbons (Fsp3) is 0.316. The highest BCUT2D eigenvalue weighted by Gasteiger charge is 2.27. The Bertz CT molecular complexity index is 888. The number of anilines is 2. The highest BCUT2D eigenvalue weighted by molar-refractivity contribution is 5.92. The number of ether oxygens (including phenoxy) is 1. The number of methoxy groups -OCH3 is 1. The molecule has 1 saturated heterocycles. The van der Waals surface area contributed by atoms with Crippen molar-refractivity contribution in [2.45, 2.75) is 0 Å². The van der Waals surface area contributed by atoms with Gasteiger partial charge in [-0.15, -0.1) is 0 Å². The molecule has 2 aromatic rings. The van der Waals surface area contributed by atoms with Gasteiger partial charge >= 0.3 is 0 Å². The number of carbonyl (C=O) groups is 1. The molecule has 156 valence electrons. The van der Waals surface area contributed by atoms with Crippen LogP contribution in [-0.2, 0) is 4.79 Å². The third kappa shape index (κ3) is 4.42. The van der Waals surface area contributed by atoms with Gasteiger partial charge in [-0.25, -0.2) is 22.0 Å². The lowest BCUT2D eigenvalue weighted by atomic mass is 10.2. The van der Waals surface area contributed by atoms with Crippen LogP contribution in [0.4, 0.5) is 33.3 Å². The van der Waals surface area contributed by atoms with Gasteiger partial charge in [0.15, 0.2) is 23.3 Å². The molecule has 1 aliphatic rings. The highest BCUT2D eigenvalue weighted by Crippen LogP contribution is 2.27. The van der Waals surface area contributed by atoms with Gasteiger partial charge in [0.25, 0.3) is 0 Å². The average molecular weight is 415 g/mol. The van der Waals surface area contributed by atoms with E-state index in [1.807, 2.05) is 24.3 Å². The lowest BCUT2D eigenvalue weighted by Gasteiger charge is -2.35. The number of halogens is 5. The van der Waals surface area contributed by atoms with Crippen LogP contribution in [0, 0.1) is 29.1 Å². The Balaban J connectivity index is 1.59. The van der Waals surface area contributed by atoms with Gasteiger partial charge < -0.3 is 15.0 Å². The molecule has 0 unspecified atom stereocenters. The normalized spacial score (nSPS) is 14.8. The molecule has 1 aliphatic heterocycles. The molecule has 0 atom stereocenters. The van der Waals surface area contributed by atoms with Crippen molar-refractivity contribution in [3.63, 3.8) is 0 Å². The van der Waals surface area contributed by atoms with Gasteiger partial charge in [0, 0.05) is 37.9 Å². The van der Waals surface area contributed by atoms with E-state index in [1.165, 1.54) is 0 Å². The van der Waals surface area contributed by atoms with Crippen molar-refractivity contribution in [2.75, 3.05) is 50.1 Å². The minimum atomic E-state index is -2.27. The van der Waals surface area contributed by atoms with Crippen molar-refractivity contribution in [1.82, 2.24) is 4.90 Å². The zero-order valence-corrected chi connectivity index (χ0v) is 15.4. The van der Waals surface area contributed by atoms with Crippen molar-refractivity contribution < 1.29 is 31.5 Å². The lowest BCUT2D eigenvalue weighted by molar-refractivity contribution is -0.117. The molecule has 3 rings (SSSR count). The second-order valence-electron chi connectivity index (χ2n) is 6.46. The number of piperazine rings is 1. The van der Waals surface area contributed by atoms with E-state index in [0.717, 1.165) is 5.69 Å². The van der Waals surface area contributed by atoms with Gasteiger partial charge in [0.05, 0.1) is 13.7 Å². The van der Waals surface area contributed by atoms with Crippen LogP contribution in [0.3, 0.4) is 0 Å². The van der Waals surface area contributed by atoms with Crippen LogP contribution >= 0.6 is 0 Å². The van der Waals surface area contributed by atoms with Crippen molar-refractivity contribution in [1.29, 1.82) is 0 Å². The fourth-order valence-corrected chi connectivity index (χ4v) is 3.07. The van der Waals surface area contributed by atoms with E-state index in [-0.39, 0.29) is 6.54 Å². The summed E-state index contributed by atoms with van der Waals surface area (Å²) in [6, 6.07) is 7.49. The molecule has 0 spiro atoms. The number of nitrogens with zero attached hydrogens (tertiary/aromatic N) is 2. The van der Waals surface area contributed by atoms with E-state index in [0.29, 0.717) is 31.9 Å². The van der Waals surface area contributed by atoms with Gasteiger partial charge in [-0.3, -0.25) is 9.69 Å². The molecule has 0 radical (unpaired) electrons. The zero-order chi connectivity index (χ0) is 21.1. The van der Waals surface area contributed by atoms with Crippen LogP contribution < -0.4 is 15.0 Å². The molecule has 1 fully saturated rings. The summed E-state index contributed by atoms with van der Waals surface area (Å²) < 4.78 is 72.1. The standard InChI is InChI=1S/C19H18F5N3O2/c1-29-12-4-2-3-11(9-12)27-7-5-26(6-8-27)10-13(28)25-19-17(23)15(21)14(20)16(22)18(19)24/h2-4,9H,5-8,10H2,1H3,(H,25,28). The largest absolute Gasteiger partial charge is 0.497 e. The predicted molar refractivity (Wildman–Crippen MR) is 96.5 cm³/mol. The molecule has 1 amide bonds. The van der Waals surface area contributed by atoms with E-state index in [1.54, 1.807) is 17.3 Å². The number of amides is 1. The summed E-state index contributed by atoms with van der Waals surface area (Å²) in [5, 5.41) is 1.79. The van der Waals surface area contributed by atoms with Gasteiger partial charge in [-0.05, 0) is 12.1 Å². The Hall–Kier alpha value is -2.88. The Morgan fingerprint density at radius 2 is 1.55 bits per heavy atom. The number of hydrogen-bond acceptors (Lipinski definition) is 4. The molecule has 29 heavy (non-hydrogen) atoms. The molecule has 0 aromatic heterocycles. The molecule has 0 bridgehead atoms. The molecule has 2 aromatic carbocycles. The van der Waals surface area contributed by atoms with Crippen molar-refractivity contribution >= 4 is 17.3 Å². The van der Waals surface area contributed by atoms with E-state index >= 15 is 0 Å². The van der Waals surface area contributed by atoms with Crippen molar-refractivity contribution in [3.05, 3.63) is 53.4 Å². The number of nitrogens with one attached hydrogen (secondary N) is 1. The first-order valence-electron chi connectivity index (χ1n) is 8.74. The summed E-state index contributed by atoms with van der Waals surface area (Å²) in [4.78, 5) is 15.9. The van der Waals surface area contributed by atoms with Crippen LogP contribution in [0.25, 0.3) is 0 Å². The summed E-state index contributed by atoms with van der Waals surface area (Å²) in [6.45, 7) is 1.88. The lowest BCUT2D eigenvalue weighted by Crippen LogP contribution is -2.48. The van der Waals surface area contributed by atoms with Crippen LogP contribution in [0.2, 0.25) is 0 Å². The van der Waals surface area contributed by atoms with Crippen LogP contribution in [0.5, 0.6) is 5.75 Å². The molecule has 1 heterocycles. The fourth-order valence-electron chi connectivity index (χ4n) is 3.07. The van der Waals surface area contributed by atoms with Gasteiger partial charge in [0.1, 0.15) is 11.4 Å². The maximum Gasteiger partial charge on any atom is 0.238 e. The monoisotopic (exact) mass is 415 g/mol. The Morgan fingerprint density at radius 1 is 0.966 bits per heavy atom. The molecule has 0 aliphatic carbocycles. The second-order valence-corrected chi connectivity index (χ2v) is 6.46. The first-order valence-corrected chi connectivity index (χ1v) is 8.74. The van der Waals surface area contributed by atoms with Crippen molar-refractivity contribution in [2.24, 2.45) is 0 Å². The minimum Gasteiger partial charge on any atom is -0.497 e. The van der Waals surface area contributed by atoms with E-state index in [2.05, 4.69) is 4.90 Å². The Labute approximate surface area is 163 Å². The first kappa shape index (κ1) is 20.8. The topological polar surface area (TPSA) is 44.8 Å². The summed E-state index contributed by atoms with van der Waals surface area (Å²) >= 11 is 0. The predicted octanol–water partition coefficient (Wildman–Crippen LogP) is 3.15. The summed E-state index contributed by atoms with van der Waals surface area (Å²) in [7, 11) is 1.57. The minimum absolute atomic E-state index is 0.245. The number of rotatable bonds is 5. The molecule has 1 N–H and O–H groups in total. The SMILES string of the molecule is COc1cccc(N2CCN(CC(=O)Nc3c(F)c(F)c(F)c(F)c3F)CC2)c1. The van der Waals surface area contributed by atoms with Gasteiger partial charge in [-0.2, -0.15) is 0 Å². The molecule has 0 saturated carbocycles. The van der Waals surface area contributed by atoms with Gasteiger partial charge in [-0.1, -0.05) is 6.07 Å². The van der Waals surface area contributed by atoms with E-state index < -0.39 is 40.7 Å². The smallest absolute Gasteiger partial charge is 0.238 e. The third-order valence-electron chi connectivity index (χ3n) is 4.63. The molecule has 10 heteroatoms. The third-order valence-corrected chi connectivity index (χ3v) is 4.63. The number of carbonyl (C=O) groups excluding carboxylic acids is 1. The molecule has 5 nitrogen and oxygen atoms in total. The van der Waals surface area contributed by atoms with Crippen LogP contribution in [-0.4, -0.2) is 50.6 Å². The Kier molecular flexibility index (Phi) is 6.21. The summed E-state index contributed by atoms with van der Waals surface area (Å²) in [6.07, 6.45) is 0.